The Morgan fingerprint density at radius 2 is 1.71 bits per heavy atom. The lowest BCUT2D eigenvalue weighted by Crippen LogP contribution is -2.16. The highest BCUT2D eigenvalue weighted by atomic mass is 35.5. The number of hydrogen-bond donors (Lipinski definition) is 3. The zero-order chi connectivity index (χ0) is 24.1. The molecular weight excluding hydrogens is 476 g/mol. The minimum atomic E-state index is -4.04. The number of aromatic nitrogens is 2. The van der Waals surface area contributed by atoms with Crippen molar-refractivity contribution < 1.29 is 17.9 Å². The molecule has 3 aromatic carbocycles. The fourth-order valence-corrected chi connectivity index (χ4v) is 4.79. The number of ether oxygens (including phenoxy) is 1. The van der Waals surface area contributed by atoms with Crippen LogP contribution in [0.15, 0.2) is 83.9 Å². The Bertz CT molecular complexity index is 1390. The number of benzene rings is 3. The van der Waals surface area contributed by atoms with Crippen molar-refractivity contribution in [3.63, 3.8) is 0 Å². The molecule has 0 bridgehead atoms. The van der Waals surface area contributed by atoms with Gasteiger partial charge in [-0.2, -0.15) is 5.10 Å². The Balaban J connectivity index is 1.51. The molecule has 4 rings (SSSR count). The van der Waals surface area contributed by atoms with Crippen molar-refractivity contribution in [2.24, 2.45) is 0 Å². The molecule has 4 aromatic rings. The Kier molecular flexibility index (Phi) is 6.85. The van der Waals surface area contributed by atoms with Crippen LogP contribution in [0.25, 0.3) is 11.3 Å². The van der Waals surface area contributed by atoms with Gasteiger partial charge in [-0.05, 0) is 73.2 Å². The van der Waals surface area contributed by atoms with Crippen LogP contribution in [0.4, 0.5) is 11.4 Å². The van der Waals surface area contributed by atoms with E-state index in [9.17, 15) is 13.2 Å². The molecule has 1 heterocycles. The van der Waals surface area contributed by atoms with Gasteiger partial charge in [0.15, 0.2) is 0 Å². The number of carbonyl (C=O) groups excluding carboxylic acids is 1. The lowest BCUT2D eigenvalue weighted by molar-refractivity contribution is 0.102. The molecule has 0 aliphatic carbocycles. The molecule has 0 spiro atoms. The predicted octanol–water partition coefficient (Wildman–Crippen LogP) is 5.18. The molecule has 0 aliphatic heterocycles. The smallest absolute Gasteiger partial charge is 0.263 e. The topological polar surface area (TPSA) is 113 Å². The molecule has 0 radical (unpaired) electrons. The second-order valence-corrected chi connectivity index (χ2v) is 9.27. The Hall–Kier alpha value is -3.82. The lowest BCUT2D eigenvalue weighted by atomic mass is 10.1. The normalized spacial score (nSPS) is 11.1. The van der Waals surface area contributed by atoms with E-state index in [4.69, 9.17) is 16.3 Å². The number of H-pyrrole nitrogens is 1. The van der Waals surface area contributed by atoms with Gasteiger partial charge >= 0.3 is 0 Å². The van der Waals surface area contributed by atoms with E-state index < -0.39 is 15.9 Å². The van der Waals surface area contributed by atoms with Gasteiger partial charge in [-0.3, -0.25) is 14.6 Å². The minimum absolute atomic E-state index is 0.00102. The van der Waals surface area contributed by atoms with Crippen molar-refractivity contribution in [2.45, 2.75) is 11.8 Å². The van der Waals surface area contributed by atoms with Gasteiger partial charge in [0.05, 0.1) is 17.3 Å². The van der Waals surface area contributed by atoms with Crippen molar-refractivity contribution >= 4 is 38.9 Å². The van der Waals surface area contributed by atoms with Gasteiger partial charge in [0, 0.05) is 23.1 Å². The molecule has 10 heteroatoms. The first-order valence-corrected chi connectivity index (χ1v) is 12.2. The number of anilines is 2. The fraction of sp³-hybridized carbons (Fsp3) is 0.0833. The van der Waals surface area contributed by atoms with Crippen LogP contribution >= 0.6 is 11.6 Å². The average Bonchev–Trinajstić information content (AvgIpc) is 3.36. The van der Waals surface area contributed by atoms with Crippen LogP contribution < -0.4 is 14.8 Å². The van der Waals surface area contributed by atoms with Gasteiger partial charge in [0.25, 0.3) is 15.9 Å². The molecule has 0 aliphatic rings. The summed E-state index contributed by atoms with van der Waals surface area (Å²) in [5, 5.41) is 9.55. The van der Waals surface area contributed by atoms with Gasteiger partial charge in [0.2, 0.25) is 0 Å². The number of nitrogens with zero attached hydrogens (tertiary/aromatic N) is 1. The number of rotatable bonds is 8. The van der Waals surface area contributed by atoms with Gasteiger partial charge in [-0.25, -0.2) is 8.42 Å². The average molecular weight is 497 g/mol. The van der Waals surface area contributed by atoms with Crippen LogP contribution in [0.5, 0.6) is 5.75 Å². The summed E-state index contributed by atoms with van der Waals surface area (Å²) in [5.41, 5.74) is 2.81. The molecule has 0 unspecified atom stereocenters. The highest BCUT2D eigenvalue weighted by molar-refractivity contribution is 7.92. The van der Waals surface area contributed by atoms with Crippen LogP contribution in [-0.4, -0.2) is 31.1 Å². The summed E-state index contributed by atoms with van der Waals surface area (Å²) in [5.74, 6) is 0.156. The third kappa shape index (κ3) is 5.38. The molecule has 34 heavy (non-hydrogen) atoms. The molecule has 0 fully saturated rings. The second kappa shape index (κ2) is 9.98. The first kappa shape index (κ1) is 23.3. The summed E-state index contributed by atoms with van der Waals surface area (Å²) in [6.45, 7) is 2.36. The minimum Gasteiger partial charge on any atom is -0.494 e. The number of carbonyl (C=O) groups is 1. The van der Waals surface area contributed by atoms with Crippen molar-refractivity contribution in [3.05, 3.63) is 89.6 Å². The van der Waals surface area contributed by atoms with Crippen molar-refractivity contribution in [1.29, 1.82) is 0 Å². The molecular formula is C24H21ClN4O4S. The summed E-state index contributed by atoms with van der Waals surface area (Å²) in [6, 6.07) is 19.6. The Morgan fingerprint density at radius 3 is 2.35 bits per heavy atom. The van der Waals surface area contributed by atoms with E-state index in [0.29, 0.717) is 23.7 Å². The zero-order valence-electron chi connectivity index (χ0n) is 18.1. The monoisotopic (exact) mass is 496 g/mol. The lowest BCUT2D eigenvalue weighted by Gasteiger charge is -2.12. The zero-order valence-corrected chi connectivity index (χ0v) is 19.7. The SMILES string of the molecule is CCOc1ccc(NS(=O)(=O)c2cc(C(=O)Nc3ccc(-c4ccn[nH]4)cc3)ccc2Cl)cc1. The largest absolute Gasteiger partial charge is 0.494 e. The summed E-state index contributed by atoms with van der Waals surface area (Å²) in [4.78, 5) is 12.6. The van der Waals surface area contributed by atoms with E-state index in [1.165, 1.54) is 18.2 Å². The molecule has 1 aromatic heterocycles. The van der Waals surface area contributed by atoms with Gasteiger partial charge in [0.1, 0.15) is 10.6 Å². The summed E-state index contributed by atoms with van der Waals surface area (Å²) in [7, 11) is -4.04. The number of aromatic amines is 1. The van der Waals surface area contributed by atoms with Gasteiger partial charge in [-0.1, -0.05) is 23.7 Å². The van der Waals surface area contributed by atoms with E-state index in [1.54, 1.807) is 42.6 Å². The summed E-state index contributed by atoms with van der Waals surface area (Å²) in [6.07, 6.45) is 1.65. The quantitative estimate of drug-likeness (QED) is 0.311. The van der Waals surface area contributed by atoms with Crippen molar-refractivity contribution in [1.82, 2.24) is 10.2 Å². The maximum absolute atomic E-state index is 12.9. The first-order valence-electron chi connectivity index (χ1n) is 10.3. The van der Waals surface area contributed by atoms with Crippen LogP contribution in [0, 0.1) is 0 Å². The summed E-state index contributed by atoms with van der Waals surface area (Å²) >= 11 is 6.17. The van der Waals surface area contributed by atoms with E-state index in [-0.39, 0.29) is 15.5 Å². The second-order valence-electron chi connectivity index (χ2n) is 7.21. The van der Waals surface area contributed by atoms with E-state index >= 15 is 0 Å². The van der Waals surface area contributed by atoms with E-state index in [2.05, 4.69) is 20.2 Å². The first-order chi connectivity index (χ1) is 16.4. The van der Waals surface area contributed by atoms with Gasteiger partial charge < -0.3 is 10.1 Å². The molecule has 3 N–H and O–H groups in total. The highest BCUT2D eigenvalue weighted by Gasteiger charge is 2.21. The maximum atomic E-state index is 12.9. The van der Waals surface area contributed by atoms with E-state index in [0.717, 1.165) is 11.3 Å². The number of nitrogens with one attached hydrogen (secondary N) is 3. The predicted molar refractivity (Wildman–Crippen MR) is 132 cm³/mol. The fourth-order valence-electron chi connectivity index (χ4n) is 3.20. The highest BCUT2D eigenvalue weighted by Crippen LogP contribution is 2.27. The van der Waals surface area contributed by atoms with Crippen LogP contribution in [0.3, 0.4) is 0 Å². The Labute approximate surface area is 202 Å². The third-order valence-corrected chi connectivity index (χ3v) is 6.72. The molecule has 174 valence electrons. The third-order valence-electron chi connectivity index (χ3n) is 4.85. The molecule has 1 amide bonds. The van der Waals surface area contributed by atoms with Gasteiger partial charge in [-0.15, -0.1) is 0 Å². The maximum Gasteiger partial charge on any atom is 0.263 e. The van der Waals surface area contributed by atoms with Crippen LogP contribution in [-0.2, 0) is 10.0 Å². The number of halogens is 1. The standard InChI is InChI=1S/C24H21ClN4O4S/c1-2-33-20-10-8-19(9-11-20)29-34(31,32)23-15-17(5-12-21(23)25)24(30)27-18-6-3-16(4-7-18)22-13-14-26-28-22/h3-15,29H,2H2,1H3,(H,26,28)(H,27,30). The van der Waals surface area contributed by atoms with Crippen molar-refractivity contribution in [2.75, 3.05) is 16.6 Å². The molecule has 0 saturated carbocycles. The van der Waals surface area contributed by atoms with Crippen LogP contribution in [0.1, 0.15) is 17.3 Å². The van der Waals surface area contributed by atoms with Crippen molar-refractivity contribution in [3.8, 4) is 17.0 Å². The molecule has 0 atom stereocenters. The molecule has 8 nitrogen and oxygen atoms in total. The number of amides is 1. The summed E-state index contributed by atoms with van der Waals surface area (Å²) < 4.78 is 33.7. The molecule has 0 saturated heterocycles. The Morgan fingerprint density at radius 1 is 1.00 bits per heavy atom. The number of hydrogen-bond acceptors (Lipinski definition) is 5. The van der Waals surface area contributed by atoms with E-state index in [1.807, 2.05) is 25.1 Å². The van der Waals surface area contributed by atoms with Crippen LogP contribution in [0.2, 0.25) is 5.02 Å². The number of sulfonamides is 1.